The molecule has 0 aromatic heterocycles. The third kappa shape index (κ3) is 2.76. The summed E-state index contributed by atoms with van der Waals surface area (Å²) in [5.41, 5.74) is 0.985. The van der Waals surface area contributed by atoms with Crippen LogP contribution in [0.15, 0.2) is 24.3 Å². The third-order valence-corrected chi connectivity index (χ3v) is 2.10. The van der Waals surface area contributed by atoms with Crippen LogP contribution in [0.2, 0.25) is 0 Å². The lowest BCUT2D eigenvalue weighted by molar-refractivity contribution is -0.141. The molecule has 0 radical (unpaired) electrons. The van der Waals surface area contributed by atoms with Gasteiger partial charge < -0.3 is 9.84 Å². The molecule has 0 spiro atoms. The molecule has 1 N–H and O–H groups in total. The number of carboxylic acid groups (broad SMARTS) is 1. The third-order valence-electron chi connectivity index (χ3n) is 2.10. The second-order valence-corrected chi connectivity index (χ2v) is 3.29. The van der Waals surface area contributed by atoms with Crippen molar-refractivity contribution < 1.29 is 14.6 Å². The zero-order chi connectivity index (χ0) is 10.6. The van der Waals surface area contributed by atoms with Gasteiger partial charge in [-0.05, 0) is 24.1 Å². The van der Waals surface area contributed by atoms with Gasteiger partial charge in [-0.15, -0.1) is 0 Å². The fourth-order valence-corrected chi connectivity index (χ4v) is 1.24. The van der Waals surface area contributed by atoms with Crippen LogP contribution in [0.3, 0.4) is 0 Å². The summed E-state index contributed by atoms with van der Waals surface area (Å²) in [6, 6.07) is 7.47. The van der Waals surface area contributed by atoms with E-state index in [-0.39, 0.29) is 5.92 Å². The Labute approximate surface area is 83.3 Å². The largest absolute Gasteiger partial charge is 0.497 e. The summed E-state index contributed by atoms with van der Waals surface area (Å²) >= 11 is 0. The first kappa shape index (κ1) is 10.6. The topological polar surface area (TPSA) is 46.5 Å². The van der Waals surface area contributed by atoms with Gasteiger partial charge in [-0.1, -0.05) is 19.1 Å². The van der Waals surface area contributed by atoms with Crippen molar-refractivity contribution in [3.63, 3.8) is 0 Å². The molecule has 14 heavy (non-hydrogen) atoms. The zero-order valence-electron chi connectivity index (χ0n) is 8.36. The smallest absolute Gasteiger partial charge is 0.306 e. The van der Waals surface area contributed by atoms with Crippen molar-refractivity contribution in [3.05, 3.63) is 29.8 Å². The molecule has 1 aromatic carbocycles. The normalized spacial score (nSPS) is 12.1. The number of rotatable bonds is 4. The van der Waals surface area contributed by atoms with Gasteiger partial charge in [0, 0.05) is 0 Å². The minimum Gasteiger partial charge on any atom is -0.497 e. The van der Waals surface area contributed by atoms with Gasteiger partial charge in [0.15, 0.2) is 0 Å². The number of ether oxygens (including phenoxy) is 1. The number of methoxy groups -OCH3 is 1. The monoisotopic (exact) mass is 194 g/mol. The minimum absolute atomic E-state index is 0.359. The van der Waals surface area contributed by atoms with Crippen LogP contribution in [-0.2, 0) is 11.2 Å². The first-order chi connectivity index (χ1) is 6.63. The lowest BCUT2D eigenvalue weighted by Gasteiger charge is -2.07. The molecule has 76 valence electrons. The van der Waals surface area contributed by atoms with Crippen molar-refractivity contribution in [2.45, 2.75) is 13.3 Å². The van der Waals surface area contributed by atoms with Crippen molar-refractivity contribution in [2.24, 2.45) is 5.92 Å². The van der Waals surface area contributed by atoms with Crippen LogP contribution in [0, 0.1) is 5.92 Å². The molecule has 0 heterocycles. The second-order valence-electron chi connectivity index (χ2n) is 3.29. The fourth-order valence-electron chi connectivity index (χ4n) is 1.24. The lowest BCUT2D eigenvalue weighted by atomic mass is 10.0. The van der Waals surface area contributed by atoms with Crippen molar-refractivity contribution in [3.8, 4) is 5.75 Å². The molecule has 1 rings (SSSR count). The van der Waals surface area contributed by atoms with E-state index in [1.165, 1.54) is 0 Å². The Hall–Kier alpha value is -1.51. The molecule has 1 aromatic rings. The molecule has 0 saturated carbocycles. The maximum absolute atomic E-state index is 10.6. The van der Waals surface area contributed by atoms with Crippen LogP contribution in [0.1, 0.15) is 12.5 Å². The number of benzene rings is 1. The van der Waals surface area contributed by atoms with E-state index >= 15 is 0 Å². The average molecular weight is 194 g/mol. The number of aliphatic carboxylic acids is 1. The molecular weight excluding hydrogens is 180 g/mol. The Bertz CT molecular complexity index is 320. The van der Waals surface area contributed by atoms with Gasteiger partial charge in [0.2, 0.25) is 0 Å². The van der Waals surface area contributed by atoms with Crippen molar-refractivity contribution in [2.75, 3.05) is 7.11 Å². The van der Waals surface area contributed by atoms with Gasteiger partial charge in [-0.3, -0.25) is 4.79 Å². The Morgan fingerprint density at radius 3 is 2.86 bits per heavy atom. The minimum atomic E-state index is -0.771. The number of hydrogen-bond donors (Lipinski definition) is 1. The van der Waals surface area contributed by atoms with Crippen LogP contribution >= 0.6 is 0 Å². The summed E-state index contributed by atoms with van der Waals surface area (Å²) in [4.78, 5) is 10.6. The molecule has 0 fully saturated rings. The van der Waals surface area contributed by atoms with Crippen LogP contribution in [0.5, 0.6) is 5.75 Å². The van der Waals surface area contributed by atoms with Crippen LogP contribution in [-0.4, -0.2) is 18.2 Å². The SMILES string of the molecule is COc1cccc(CC(C)C(=O)O)c1. The summed E-state index contributed by atoms with van der Waals surface area (Å²) in [6.45, 7) is 1.70. The zero-order valence-corrected chi connectivity index (χ0v) is 8.36. The van der Waals surface area contributed by atoms with E-state index in [0.29, 0.717) is 6.42 Å². The molecule has 3 heteroatoms. The fraction of sp³-hybridized carbons (Fsp3) is 0.364. The first-order valence-corrected chi connectivity index (χ1v) is 4.49. The molecule has 0 aliphatic carbocycles. The highest BCUT2D eigenvalue weighted by molar-refractivity contribution is 5.69. The molecule has 1 atom stereocenters. The molecular formula is C11H14O3. The van der Waals surface area contributed by atoms with Crippen LogP contribution < -0.4 is 4.74 Å². The van der Waals surface area contributed by atoms with Gasteiger partial charge >= 0.3 is 5.97 Å². The Morgan fingerprint density at radius 1 is 1.57 bits per heavy atom. The maximum Gasteiger partial charge on any atom is 0.306 e. The highest BCUT2D eigenvalue weighted by atomic mass is 16.5. The van der Waals surface area contributed by atoms with Gasteiger partial charge in [0.1, 0.15) is 5.75 Å². The lowest BCUT2D eigenvalue weighted by Crippen LogP contribution is -2.12. The van der Waals surface area contributed by atoms with E-state index in [9.17, 15) is 4.79 Å². The summed E-state index contributed by atoms with van der Waals surface area (Å²) < 4.78 is 5.05. The first-order valence-electron chi connectivity index (χ1n) is 4.49. The maximum atomic E-state index is 10.6. The van der Waals surface area contributed by atoms with Gasteiger partial charge in [0.05, 0.1) is 13.0 Å². The highest BCUT2D eigenvalue weighted by Crippen LogP contribution is 2.15. The molecule has 0 aliphatic heterocycles. The van der Waals surface area contributed by atoms with E-state index in [0.717, 1.165) is 11.3 Å². The summed E-state index contributed by atoms with van der Waals surface area (Å²) in [5, 5.41) is 8.74. The van der Waals surface area contributed by atoms with Crippen molar-refractivity contribution >= 4 is 5.97 Å². The van der Waals surface area contributed by atoms with Gasteiger partial charge in [0.25, 0.3) is 0 Å². The molecule has 0 aliphatic rings. The van der Waals surface area contributed by atoms with E-state index in [1.807, 2.05) is 24.3 Å². The number of carboxylic acids is 1. The number of hydrogen-bond acceptors (Lipinski definition) is 2. The Balaban J connectivity index is 2.71. The van der Waals surface area contributed by atoms with Gasteiger partial charge in [-0.2, -0.15) is 0 Å². The van der Waals surface area contributed by atoms with Crippen molar-refractivity contribution in [1.82, 2.24) is 0 Å². The summed E-state index contributed by atoms with van der Waals surface area (Å²) in [6.07, 6.45) is 0.534. The predicted molar refractivity (Wildman–Crippen MR) is 53.5 cm³/mol. The van der Waals surface area contributed by atoms with E-state index in [2.05, 4.69) is 0 Å². The molecule has 0 amide bonds. The van der Waals surface area contributed by atoms with E-state index in [4.69, 9.17) is 9.84 Å². The standard InChI is InChI=1S/C11H14O3/c1-8(11(12)13)6-9-4-3-5-10(7-9)14-2/h3-5,7-8H,6H2,1-2H3,(H,12,13). The van der Waals surface area contributed by atoms with Crippen LogP contribution in [0.4, 0.5) is 0 Å². The van der Waals surface area contributed by atoms with Gasteiger partial charge in [-0.25, -0.2) is 0 Å². The second kappa shape index (κ2) is 4.65. The quantitative estimate of drug-likeness (QED) is 0.797. The van der Waals surface area contributed by atoms with E-state index < -0.39 is 5.97 Å². The Kier molecular flexibility index (Phi) is 3.51. The molecule has 1 unspecified atom stereocenters. The highest BCUT2D eigenvalue weighted by Gasteiger charge is 2.11. The van der Waals surface area contributed by atoms with Crippen molar-refractivity contribution in [1.29, 1.82) is 0 Å². The molecule has 0 saturated heterocycles. The van der Waals surface area contributed by atoms with Crippen LogP contribution in [0.25, 0.3) is 0 Å². The summed E-state index contributed by atoms with van der Waals surface area (Å²) in [5.74, 6) is -0.366. The number of carbonyl (C=O) groups is 1. The molecule has 3 nitrogen and oxygen atoms in total. The Morgan fingerprint density at radius 2 is 2.29 bits per heavy atom. The molecule has 0 bridgehead atoms. The summed E-state index contributed by atoms with van der Waals surface area (Å²) in [7, 11) is 1.60. The predicted octanol–water partition coefficient (Wildman–Crippen LogP) is 1.96. The van der Waals surface area contributed by atoms with E-state index in [1.54, 1.807) is 14.0 Å². The average Bonchev–Trinajstić information content (AvgIpc) is 2.18.